The Bertz CT molecular complexity index is 303. The van der Waals surface area contributed by atoms with Gasteiger partial charge in [-0.1, -0.05) is 0 Å². The van der Waals surface area contributed by atoms with Gasteiger partial charge in [-0.05, 0) is 33.8 Å². The van der Waals surface area contributed by atoms with Crippen molar-refractivity contribution >= 4 is 27.3 Å². The summed E-state index contributed by atoms with van der Waals surface area (Å²) >= 11 is 5.14. The topological polar surface area (TPSA) is 38.0 Å². The van der Waals surface area contributed by atoms with Crippen LogP contribution in [0.4, 0.5) is 0 Å². The van der Waals surface area contributed by atoms with E-state index in [0.29, 0.717) is 0 Å². The van der Waals surface area contributed by atoms with Gasteiger partial charge in [-0.2, -0.15) is 0 Å². The molecule has 13 heavy (non-hydrogen) atoms. The van der Waals surface area contributed by atoms with Crippen LogP contribution in [0.15, 0.2) is 15.9 Å². The van der Waals surface area contributed by atoms with Crippen LogP contribution in [0.3, 0.4) is 0 Å². The molecule has 0 saturated carbocycles. The minimum Gasteiger partial charge on any atom is -0.271 e. The van der Waals surface area contributed by atoms with Gasteiger partial charge in [-0.25, -0.2) is 0 Å². The fourth-order valence-corrected chi connectivity index (χ4v) is 2.82. The predicted octanol–water partition coefficient (Wildman–Crippen LogP) is 2.43. The number of terminal acetylenes is 1. The van der Waals surface area contributed by atoms with Crippen molar-refractivity contribution in [2.75, 3.05) is 0 Å². The summed E-state index contributed by atoms with van der Waals surface area (Å²) in [5.41, 5.74) is 2.76. The van der Waals surface area contributed by atoms with Crippen LogP contribution < -0.4 is 11.3 Å². The van der Waals surface area contributed by atoms with E-state index in [1.807, 2.05) is 11.4 Å². The highest BCUT2D eigenvalue weighted by Crippen LogP contribution is 2.30. The van der Waals surface area contributed by atoms with Gasteiger partial charge in [0.15, 0.2) is 0 Å². The number of nitrogens with two attached hydrogens (primary N) is 1. The summed E-state index contributed by atoms with van der Waals surface area (Å²) in [6.45, 7) is 0. The zero-order chi connectivity index (χ0) is 9.68. The van der Waals surface area contributed by atoms with Crippen molar-refractivity contribution in [1.82, 2.24) is 5.43 Å². The highest BCUT2D eigenvalue weighted by molar-refractivity contribution is 9.10. The van der Waals surface area contributed by atoms with Crippen LogP contribution in [0.2, 0.25) is 0 Å². The van der Waals surface area contributed by atoms with E-state index in [-0.39, 0.29) is 6.04 Å². The van der Waals surface area contributed by atoms with Crippen LogP contribution in [-0.2, 0) is 0 Å². The van der Waals surface area contributed by atoms with Gasteiger partial charge in [0.25, 0.3) is 0 Å². The molecule has 1 aromatic rings. The molecule has 4 heteroatoms. The third-order valence-electron chi connectivity index (χ3n) is 1.74. The Labute approximate surface area is 90.6 Å². The first-order valence-corrected chi connectivity index (χ1v) is 5.59. The van der Waals surface area contributed by atoms with Crippen molar-refractivity contribution in [1.29, 1.82) is 0 Å². The minimum absolute atomic E-state index is 0.158. The van der Waals surface area contributed by atoms with Crippen LogP contribution >= 0.6 is 27.3 Å². The van der Waals surface area contributed by atoms with Gasteiger partial charge in [0.1, 0.15) is 0 Å². The van der Waals surface area contributed by atoms with Gasteiger partial charge < -0.3 is 0 Å². The molecule has 1 rings (SSSR count). The van der Waals surface area contributed by atoms with E-state index in [4.69, 9.17) is 12.3 Å². The van der Waals surface area contributed by atoms with Crippen molar-refractivity contribution in [3.63, 3.8) is 0 Å². The maximum Gasteiger partial charge on any atom is 0.0573 e. The van der Waals surface area contributed by atoms with Crippen molar-refractivity contribution in [3.8, 4) is 12.3 Å². The van der Waals surface area contributed by atoms with Crippen molar-refractivity contribution < 1.29 is 0 Å². The van der Waals surface area contributed by atoms with E-state index >= 15 is 0 Å². The molecule has 0 saturated heterocycles. The van der Waals surface area contributed by atoms with E-state index < -0.39 is 0 Å². The largest absolute Gasteiger partial charge is 0.271 e. The molecule has 0 fully saturated rings. The first-order chi connectivity index (χ1) is 6.29. The summed E-state index contributed by atoms with van der Waals surface area (Å²) in [5, 5.41) is 2.03. The number of rotatable bonds is 4. The molecule has 1 aromatic heterocycles. The molecule has 0 aliphatic heterocycles. The quantitative estimate of drug-likeness (QED) is 0.495. The third-order valence-corrected chi connectivity index (χ3v) is 3.72. The Balaban J connectivity index is 2.68. The Morgan fingerprint density at radius 1 is 1.77 bits per heavy atom. The predicted molar refractivity (Wildman–Crippen MR) is 60.2 cm³/mol. The molecule has 1 atom stereocenters. The number of nitrogens with one attached hydrogen (secondary N) is 1. The molecule has 0 aliphatic carbocycles. The molecule has 0 aromatic carbocycles. The molecule has 1 heterocycles. The fraction of sp³-hybridized carbons (Fsp3) is 0.333. The second kappa shape index (κ2) is 5.40. The number of hydrogen-bond acceptors (Lipinski definition) is 3. The van der Waals surface area contributed by atoms with E-state index in [1.165, 1.54) is 4.88 Å². The average molecular weight is 259 g/mol. The summed E-state index contributed by atoms with van der Waals surface area (Å²) in [6, 6.07) is 2.17. The van der Waals surface area contributed by atoms with Gasteiger partial charge in [-0.3, -0.25) is 11.3 Å². The molecule has 0 bridgehead atoms. The maximum atomic E-state index is 5.44. The van der Waals surface area contributed by atoms with Crippen LogP contribution in [0.25, 0.3) is 0 Å². The van der Waals surface area contributed by atoms with Gasteiger partial charge in [-0.15, -0.1) is 23.7 Å². The Morgan fingerprint density at radius 3 is 3.00 bits per heavy atom. The summed E-state index contributed by atoms with van der Waals surface area (Å²) in [6.07, 6.45) is 6.80. The lowest BCUT2D eigenvalue weighted by molar-refractivity contribution is 0.530. The monoisotopic (exact) mass is 258 g/mol. The smallest absolute Gasteiger partial charge is 0.0573 e. The van der Waals surface area contributed by atoms with Crippen LogP contribution in [0.5, 0.6) is 0 Å². The van der Waals surface area contributed by atoms with Gasteiger partial charge in [0, 0.05) is 15.8 Å². The second-order valence-electron chi connectivity index (χ2n) is 2.59. The standard InChI is InChI=1S/C9H11BrN2S/c1-2-3-4-8(12-11)9-7(10)5-6-13-9/h1,5-6,8,12H,3-4,11H2. The molecule has 0 spiro atoms. The molecule has 1 unspecified atom stereocenters. The van der Waals surface area contributed by atoms with Gasteiger partial charge in [0.05, 0.1) is 6.04 Å². The second-order valence-corrected chi connectivity index (χ2v) is 4.40. The molecular formula is C9H11BrN2S. The zero-order valence-electron chi connectivity index (χ0n) is 7.09. The number of halogens is 1. The van der Waals surface area contributed by atoms with Gasteiger partial charge in [0.2, 0.25) is 0 Å². The summed E-state index contributed by atoms with van der Waals surface area (Å²) in [5.74, 6) is 8.05. The number of hydrazine groups is 1. The molecule has 0 radical (unpaired) electrons. The molecule has 0 amide bonds. The van der Waals surface area contributed by atoms with E-state index in [9.17, 15) is 0 Å². The number of thiophene rings is 1. The molecule has 70 valence electrons. The summed E-state index contributed by atoms with van der Waals surface area (Å²) in [7, 11) is 0. The van der Waals surface area contributed by atoms with E-state index in [1.54, 1.807) is 11.3 Å². The molecule has 3 N–H and O–H groups in total. The van der Waals surface area contributed by atoms with Crippen molar-refractivity contribution in [2.24, 2.45) is 5.84 Å². The van der Waals surface area contributed by atoms with Crippen molar-refractivity contribution in [3.05, 3.63) is 20.8 Å². The lowest BCUT2D eigenvalue weighted by Gasteiger charge is -2.12. The van der Waals surface area contributed by atoms with E-state index in [0.717, 1.165) is 17.3 Å². The lowest BCUT2D eigenvalue weighted by Crippen LogP contribution is -2.27. The Kier molecular flexibility index (Phi) is 4.46. The zero-order valence-corrected chi connectivity index (χ0v) is 9.49. The van der Waals surface area contributed by atoms with Gasteiger partial charge >= 0.3 is 0 Å². The highest BCUT2D eigenvalue weighted by atomic mass is 79.9. The summed E-state index contributed by atoms with van der Waals surface area (Å²) in [4.78, 5) is 1.21. The lowest BCUT2D eigenvalue weighted by atomic mass is 10.1. The molecular weight excluding hydrogens is 248 g/mol. The Hall–Kier alpha value is -0.340. The summed E-state index contributed by atoms with van der Waals surface area (Å²) < 4.78 is 1.09. The maximum absolute atomic E-state index is 5.44. The van der Waals surface area contributed by atoms with Crippen LogP contribution in [0.1, 0.15) is 23.8 Å². The first-order valence-electron chi connectivity index (χ1n) is 3.92. The normalized spacial score (nSPS) is 12.4. The molecule has 0 aliphatic rings. The minimum atomic E-state index is 0.158. The Morgan fingerprint density at radius 2 is 2.54 bits per heavy atom. The van der Waals surface area contributed by atoms with Crippen LogP contribution in [-0.4, -0.2) is 0 Å². The van der Waals surface area contributed by atoms with Crippen LogP contribution in [0, 0.1) is 12.3 Å². The van der Waals surface area contributed by atoms with E-state index in [2.05, 4.69) is 27.3 Å². The SMILES string of the molecule is C#CCCC(NN)c1sccc1Br. The van der Waals surface area contributed by atoms with Crippen molar-refractivity contribution in [2.45, 2.75) is 18.9 Å². The fourth-order valence-electron chi connectivity index (χ4n) is 1.07. The average Bonchev–Trinajstić information content (AvgIpc) is 2.54. The molecule has 2 nitrogen and oxygen atoms in total. The first kappa shape index (κ1) is 10.7. The third kappa shape index (κ3) is 2.82. The highest BCUT2D eigenvalue weighted by Gasteiger charge is 2.13. The number of hydrogen-bond donors (Lipinski definition) is 2.